The molecule has 0 aliphatic rings. The fraction of sp³-hybridized carbons (Fsp3) is 0.250. The summed E-state index contributed by atoms with van der Waals surface area (Å²) in [5.41, 5.74) is 2.74. The van der Waals surface area contributed by atoms with Gasteiger partial charge in [-0.2, -0.15) is 0 Å². The van der Waals surface area contributed by atoms with Crippen molar-refractivity contribution in [3.63, 3.8) is 0 Å². The number of carbonyl (C=O) groups excluding carboxylic acids is 1. The van der Waals surface area contributed by atoms with Crippen LogP contribution < -0.4 is 5.48 Å². The van der Waals surface area contributed by atoms with Gasteiger partial charge in [0.15, 0.2) is 0 Å². The zero-order chi connectivity index (χ0) is 9.68. The van der Waals surface area contributed by atoms with Crippen LogP contribution in [0, 0.1) is 0 Å². The predicted octanol–water partition coefficient (Wildman–Crippen LogP) is 1.53. The Morgan fingerprint density at radius 1 is 1.69 bits per heavy atom. The van der Waals surface area contributed by atoms with Crippen LogP contribution in [0.4, 0.5) is 0 Å². The largest absolute Gasteiger partial charge is 0.276 e. The van der Waals surface area contributed by atoms with E-state index in [1.807, 2.05) is 0 Å². The average Bonchev–Trinajstić information content (AvgIpc) is 2.14. The van der Waals surface area contributed by atoms with Crippen LogP contribution in [-0.2, 0) is 4.84 Å². The summed E-state index contributed by atoms with van der Waals surface area (Å²) in [6.45, 7) is 2.23. The van der Waals surface area contributed by atoms with Crippen LogP contribution >= 0.6 is 15.9 Å². The summed E-state index contributed by atoms with van der Waals surface area (Å²) in [4.78, 5) is 19.9. The summed E-state index contributed by atoms with van der Waals surface area (Å²) in [5, 5.41) is 0. The maximum Gasteiger partial charge on any atom is 0.276 e. The molecule has 0 bridgehead atoms. The van der Waals surface area contributed by atoms with Gasteiger partial charge in [0.05, 0.1) is 12.2 Å². The van der Waals surface area contributed by atoms with Crippen molar-refractivity contribution in [3.8, 4) is 0 Å². The molecule has 13 heavy (non-hydrogen) atoms. The Morgan fingerprint density at radius 3 is 3.08 bits per heavy atom. The second-order valence-corrected chi connectivity index (χ2v) is 3.17. The van der Waals surface area contributed by atoms with Crippen molar-refractivity contribution in [2.24, 2.45) is 0 Å². The maximum atomic E-state index is 11.3. The first kappa shape index (κ1) is 10.1. The van der Waals surface area contributed by atoms with Crippen molar-refractivity contribution < 1.29 is 9.63 Å². The minimum absolute atomic E-state index is 0.296. The summed E-state index contributed by atoms with van der Waals surface area (Å²) < 4.78 is 0.761. The normalized spacial score (nSPS) is 9.69. The number of pyridine rings is 1. The van der Waals surface area contributed by atoms with Gasteiger partial charge in [-0.3, -0.25) is 14.6 Å². The van der Waals surface area contributed by atoms with Gasteiger partial charge in [-0.15, -0.1) is 0 Å². The van der Waals surface area contributed by atoms with Gasteiger partial charge in [-0.25, -0.2) is 5.48 Å². The number of aromatic nitrogens is 1. The minimum atomic E-state index is -0.296. The number of carbonyl (C=O) groups is 1. The molecule has 1 amide bonds. The lowest BCUT2D eigenvalue weighted by atomic mass is 10.3. The molecule has 1 aromatic heterocycles. The summed E-state index contributed by atoms with van der Waals surface area (Å²) in [7, 11) is 0. The number of amides is 1. The number of hydrogen-bond donors (Lipinski definition) is 1. The van der Waals surface area contributed by atoms with Gasteiger partial charge in [0, 0.05) is 16.9 Å². The lowest BCUT2D eigenvalue weighted by molar-refractivity contribution is 0.0364. The molecule has 0 saturated carbocycles. The second-order valence-electron chi connectivity index (χ2n) is 2.26. The van der Waals surface area contributed by atoms with Gasteiger partial charge in [0.1, 0.15) is 0 Å². The van der Waals surface area contributed by atoms with Crippen LogP contribution in [0.2, 0.25) is 0 Å². The van der Waals surface area contributed by atoms with Crippen molar-refractivity contribution in [1.82, 2.24) is 10.5 Å². The summed E-state index contributed by atoms with van der Waals surface area (Å²) in [6.07, 6.45) is 3.08. The van der Waals surface area contributed by atoms with Crippen molar-refractivity contribution in [1.29, 1.82) is 0 Å². The van der Waals surface area contributed by atoms with Gasteiger partial charge in [0.25, 0.3) is 5.91 Å². The highest BCUT2D eigenvalue weighted by Gasteiger charge is 2.04. The molecule has 70 valence electrons. The Bertz CT molecular complexity index is 304. The molecule has 1 N–H and O–H groups in total. The van der Waals surface area contributed by atoms with Crippen molar-refractivity contribution in [3.05, 3.63) is 28.5 Å². The Kier molecular flexibility index (Phi) is 3.85. The molecule has 0 aromatic carbocycles. The van der Waals surface area contributed by atoms with E-state index < -0.39 is 0 Å². The number of nitrogens with one attached hydrogen (secondary N) is 1. The van der Waals surface area contributed by atoms with E-state index in [0.29, 0.717) is 12.2 Å². The summed E-state index contributed by atoms with van der Waals surface area (Å²) >= 11 is 3.22. The Morgan fingerprint density at radius 2 is 2.46 bits per heavy atom. The monoisotopic (exact) mass is 244 g/mol. The average molecular weight is 245 g/mol. The summed E-state index contributed by atoms with van der Waals surface area (Å²) in [5.74, 6) is -0.296. The van der Waals surface area contributed by atoms with Gasteiger partial charge >= 0.3 is 0 Å². The zero-order valence-electron chi connectivity index (χ0n) is 7.08. The summed E-state index contributed by atoms with van der Waals surface area (Å²) in [6, 6.07) is 1.67. The molecule has 5 heteroatoms. The molecule has 1 aromatic rings. The first-order valence-corrected chi connectivity index (χ1v) is 4.56. The highest BCUT2D eigenvalue weighted by Crippen LogP contribution is 2.09. The molecular weight excluding hydrogens is 236 g/mol. The second kappa shape index (κ2) is 4.94. The predicted molar refractivity (Wildman–Crippen MR) is 51.0 cm³/mol. The molecule has 0 atom stereocenters. The Labute approximate surface area is 84.4 Å². The van der Waals surface area contributed by atoms with E-state index in [1.54, 1.807) is 19.2 Å². The molecule has 1 heterocycles. The van der Waals surface area contributed by atoms with Crippen LogP contribution in [0.1, 0.15) is 17.3 Å². The van der Waals surface area contributed by atoms with Gasteiger partial charge < -0.3 is 0 Å². The maximum absolute atomic E-state index is 11.3. The van der Waals surface area contributed by atoms with Crippen LogP contribution in [0.15, 0.2) is 22.9 Å². The molecule has 0 spiro atoms. The molecule has 0 unspecified atom stereocenters. The lowest BCUT2D eigenvalue weighted by Gasteiger charge is -2.02. The van der Waals surface area contributed by atoms with E-state index in [-0.39, 0.29) is 5.91 Å². The van der Waals surface area contributed by atoms with Crippen LogP contribution in [0.25, 0.3) is 0 Å². The molecule has 0 aliphatic carbocycles. The van der Waals surface area contributed by atoms with Gasteiger partial charge in [0.2, 0.25) is 0 Å². The van der Waals surface area contributed by atoms with Gasteiger partial charge in [-0.1, -0.05) is 0 Å². The minimum Gasteiger partial charge on any atom is -0.274 e. The SMILES string of the molecule is CCONC(=O)c1cncc(Br)c1. The third-order valence-corrected chi connectivity index (χ3v) is 1.71. The zero-order valence-corrected chi connectivity index (χ0v) is 8.67. The number of nitrogens with zero attached hydrogens (tertiary/aromatic N) is 1. The molecule has 1 rings (SSSR count). The molecule has 0 saturated heterocycles. The fourth-order valence-electron chi connectivity index (χ4n) is 0.733. The molecular formula is C8H9BrN2O2. The van der Waals surface area contributed by atoms with E-state index >= 15 is 0 Å². The number of hydroxylamine groups is 1. The first-order chi connectivity index (χ1) is 6.24. The molecule has 0 radical (unpaired) electrons. The Balaban J connectivity index is 2.66. The smallest absolute Gasteiger partial charge is 0.274 e. The van der Waals surface area contributed by atoms with Crippen molar-refractivity contribution in [2.45, 2.75) is 6.92 Å². The molecule has 4 nitrogen and oxygen atoms in total. The standard InChI is InChI=1S/C8H9BrN2O2/c1-2-13-11-8(12)6-3-7(9)5-10-4-6/h3-5H,2H2,1H3,(H,11,12). The van der Waals surface area contributed by atoms with Crippen LogP contribution in [-0.4, -0.2) is 17.5 Å². The highest BCUT2D eigenvalue weighted by molar-refractivity contribution is 9.10. The third-order valence-electron chi connectivity index (χ3n) is 1.28. The highest BCUT2D eigenvalue weighted by atomic mass is 79.9. The van der Waals surface area contributed by atoms with Crippen LogP contribution in [0.3, 0.4) is 0 Å². The molecule has 0 aliphatic heterocycles. The van der Waals surface area contributed by atoms with Crippen molar-refractivity contribution in [2.75, 3.05) is 6.61 Å². The molecule has 0 fully saturated rings. The van der Waals surface area contributed by atoms with E-state index in [4.69, 9.17) is 4.84 Å². The topological polar surface area (TPSA) is 51.2 Å². The first-order valence-electron chi connectivity index (χ1n) is 3.76. The lowest BCUT2D eigenvalue weighted by Crippen LogP contribution is -2.23. The van der Waals surface area contributed by atoms with Crippen LogP contribution in [0.5, 0.6) is 0 Å². The third kappa shape index (κ3) is 3.12. The van der Waals surface area contributed by atoms with Gasteiger partial charge in [-0.05, 0) is 28.9 Å². The fourth-order valence-corrected chi connectivity index (χ4v) is 1.10. The van der Waals surface area contributed by atoms with E-state index in [9.17, 15) is 4.79 Å². The number of halogens is 1. The van der Waals surface area contributed by atoms with E-state index in [1.165, 1.54) is 6.20 Å². The van der Waals surface area contributed by atoms with E-state index in [0.717, 1.165) is 4.47 Å². The quantitative estimate of drug-likeness (QED) is 0.821. The number of hydrogen-bond acceptors (Lipinski definition) is 3. The van der Waals surface area contributed by atoms with E-state index in [2.05, 4.69) is 26.4 Å². The number of rotatable bonds is 3. The van der Waals surface area contributed by atoms with Crippen molar-refractivity contribution >= 4 is 21.8 Å². The Hall–Kier alpha value is -0.940.